The molecule has 2 aliphatic carbocycles. The molecular formula is C15H28O. The van der Waals surface area contributed by atoms with Gasteiger partial charge in [0.15, 0.2) is 0 Å². The number of hydrogen-bond donors (Lipinski definition) is 1. The Morgan fingerprint density at radius 1 is 0.688 bits per heavy atom. The highest BCUT2D eigenvalue weighted by molar-refractivity contribution is 4.83. The standard InChI is InChI=1S/C15H28O/c1-11-3-7-13(8-4-11)15(16)14-9-5-12(2)6-10-14/h11-16H,3-10H2,1-2H3. The van der Waals surface area contributed by atoms with Crippen molar-refractivity contribution < 1.29 is 5.11 Å². The highest BCUT2D eigenvalue weighted by Crippen LogP contribution is 2.38. The first-order valence-corrected chi connectivity index (χ1v) is 7.35. The molecule has 0 unspecified atom stereocenters. The lowest BCUT2D eigenvalue weighted by Gasteiger charge is -2.37. The molecule has 0 aromatic rings. The fraction of sp³-hybridized carbons (Fsp3) is 1.00. The quantitative estimate of drug-likeness (QED) is 0.751. The molecule has 1 heteroatoms. The van der Waals surface area contributed by atoms with E-state index in [4.69, 9.17) is 0 Å². The predicted molar refractivity (Wildman–Crippen MR) is 68.3 cm³/mol. The fourth-order valence-corrected chi connectivity index (χ4v) is 3.64. The van der Waals surface area contributed by atoms with Gasteiger partial charge in [-0.3, -0.25) is 0 Å². The minimum Gasteiger partial charge on any atom is -0.393 e. The second kappa shape index (κ2) is 5.53. The Morgan fingerprint density at radius 3 is 1.31 bits per heavy atom. The molecule has 0 heterocycles. The van der Waals surface area contributed by atoms with E-state index in [-0.39, 0.29) is 6.10 Å². The lowest BCUT2D eigenvalue weighted by Crippen LogP contribution is -2.33. The lowest BCUT2D eigenvalue weighted by atomic mass is 9.72. The molecule has 94 valence electrons. The van der Waals surface area contributed by atoms with E-state index in [2.05, 4.69) is 13.8 Å². The van der Waals surface area contributed by atoms with Crippen molar-refractivity contribution in [2.45, 2.75) is 71.3 Å². The van der Waals surface area contributed by atoms with Crippen LogP contribution in [0.5, 0.6) is 0 Å². The largest absolute Gasteiger partial charge is 0.393 e. The van der Waals surface area contributed by atoms with E-state index in [1.165, 1.54) is 51.4 Å². The third-order valence-corrected chi connectivity index (χ3v) is 5.09. The average Bonchev–Trinajstić information content (AvgIpc) is 2.30. The van der Waals surface area contributed by atoms with E-state index in [1.807, 2.05) is 0 Å². The number of aliphatic hydroxyl groups excluding tert-OH is 1. The van der Waals surface area contributed by atoms with E-state index >= 15 is 0 Å². The van der Waals surface area contributed by atoms with Crippen molar-refractivity contribution in [2.75, 3.05) is 0 Å². The first-order valence-electron chi connectivity index (χ1n) is 7.35. The monoisotopic (exact) mass is 224 g/mol. The molecule has 0 saturated heterocycles. The van der Waals surface area contributed by atoms with Gasteiger partial charge in [0.05, 0.1) is 6.10 Å². The second-order valence-electron chi connectivity index (χ2n) is 6.53. The van der Waals surface area contributed by atoms with E-state index in [0.29, 0.717) is 11.8 Å². The van der Waals surface area contributed by atoms with Gasteiger partial charge in [-0.25, -0.2) is 0 Å². The zero-order valence-electron chi connectivity index (χ0n) is 11.0. The molecule has 0 aromatic heterocycles. The zero-order chi connectivity index (χ0) is 11.5. The molecule has 0 aromatic carbocycles. The first kappa shape index (κ1) is 12.4. The minimum absolute atomic E-state index is 0.0139. The molecule has 1 nitrogen and oxygen atoms in total. The van der Waals surface area contributed by atoms with Crippen LogP contribution in [0.1, 0.15) is 65.2 Å². The third kappa shape index (κ3) is 3.00. The van der Waals surface area contributed by atoms with Gasteiger partial charge < -0.3 is 5.11 Å². The van der Waals surface area contributed by atoms with Gasteiger partial charge in [-0.1, -0.05) is 39.5 Å². The molecular weight excluding hydrogens is 196 g/mol. The SMILES string of the molecule is CC1CCC(C(O)C2CCC(C)CC2)CC1. The van der Waals surface area contributed by atoms with Crippen LogP contribution in [0, 0.1) is 23.7 Å². The molecule has 0 bridgehead atoms. The highest BCUT2D eigenvalue weighted by Gasteiger charge is 2.32. The highest BCUT2D eigenvalue weighted by atomic mass is 16.3. The van der Waals surface area contributed by atoms with Gasteiger partial charge in [-0.2, -0.15) is 0 Å². The molecule has 2 rings (SSSR count). The van der Waals surface area contributed by atoms with E-state index < -0.39 is 0 Å². The normalized spacial score (nSPS) is 42.9. The Labute approximate surface area is 101 Å². The van der Waals surface area contributed by atoms with Crippen LogP contribution in [0.3, 0.4) is 0 Å². The van der Waals surface area contributed by atoms with E-state index in [1.54, 1.807) is 0 Å². The Morgan fingerprint density at radius 2 is 1.00 bits per heavy atom. The lowest BCUT2D eigenvalue weighted by molar-refractivity contribution is 0.00847. The summed E-state index contributed by atoms with van der Waals surface area (Å²) in [4.78, 5) is 0. The van der Waals surface area contributed by atoms with Gasteiger partial charge in [-0.15, -0.1) is 0 Å². The molecule has 0 amide bonds. The summed E-state index contributed by atoms with van der Waals surface area (Å²) >= 11 is 0. The Kier molecular flexibility index (Phi) is 4.29. The number of aliphatic hydroxyl groups is 1. The van der Waals surface area contributed by atoms with E-state index in [0.717, 1.165) is 11.8 Å². The van der Waals surface area contributed by atoms with E-state index in [9.17, 15) is 5.11 Å². The topological polar surface area (TPSA) is 20.2 Å². The van der Waals surface area contributed by atoms with Gasteiger partial charge in [-0.05, 0) is 49.4 Å². The van der Waals surface area contributed by atoms with Crippen molar-refractivity contribution in [1.82, 2.24) is 0 Å². The molecule has 0 atom stereocenters. The van der Waals surface area contributed by atoms with Gasteiger partial charge in [0.2, 0.25) is 0 Å². The number of rotatable bonds is 2. The molecule has 2 saturated carbocycles. The Hall–Kier alpha value is -0.0400. The van der Waals surface area contributed by atoms with Crippen molar-refractivity contribution in [1.29, 1.82) is 0 Å². The predicted octanol–water partition coefficient (Wildman–Crippen LogP) is 4.00. The van der Waals surface area contributed by atoms with Gasteiger partial charge >= 0.3 is 0 Å². The zero-order valence-corrected chi connectivity index (χ0v) is 11.0. The van der Waals surface area contributed by atoms with Crippen LogP contribution in [0.2, 0.25) is 0 Å². The maximum absolute atomic E-state index is 10.5. The number of hydrogen-bond acceptors (Lipinski definition) is 1. The summed E-state index contributed by atoms with van der Waals surface area (Å²) in [6.07, 6.45) is 10.5. The molecule has 2 fully saturated rings. The van der Waals surface area contributed by atoms with Gasteiger partial charge in [0.25, 0.3) is 0 Å². The summed E-state index contributed by atoms with van der Waals surface area (Å²) in [5, 5.41) is 10.5. The molecule has 2 aliphatic rings. The van der Waals surface area contributed by atoms with Crippen LogP contribution in [0.25, 0.3) is 0 Å². The summed E-state index contributed by atoms with van der Waals surface area (Å²) in [5.74, 6) is 3.04. The summed E-state index contributed by atoms with van der Waals surface area (Å²) in [6, 6.07) is 0. The Bertz CT molecular complexity index is 175. The van der Waals surface area contributed by atoms with Crippen molar-refractivity contribution in [3.63, 3.8) is 0 Å². The molecule has 0 radical (unpaired) electrons. The van der Waals surface area contributed by atoms with Crippen molar-refractivity contribution >= 4 is 0 Å². The van der Waals surface area contributed by atoms with Crippen LogP contribution in [0.4, 0.5) is 0 Å². The summed E-state index contributed by atoms with van der Waals surface area (Å²) in [5.41, 5.74) is 0. The molecule has 0 spiro atoms. The molecule has 0 aliphatic heterocycles. The third-order valence-electron chi connectivity index (χ3n) is 5.09. The molecule has 1 N–H and O–H groups in total. The van der Waals surface area contributed by atoms with Crippen LogP contribution in [-0.4, -0.2) is 11.2 Å². The van der Waals surface area contributed by atoms with Crippen LogP contribution in [-0.2, 0) is 0 Å². The summed E-state index contributed by atoms with van der Waals surface area (Å²) in [6.45, 7) is 4.70. The van der Waals surface area contributed by atoms with Gasteiger partial charge in [0.1, 0.15) is 0 Å². The summed E-state index contributed by atoms with van der Waals surface area (Å²) < 4.78 is 0. The van der Waals surface area contributed by atoms with Crippen LogP contribution in [0.15, 0.2) is 0 Å². The van der Waals surface area contributed by atoms with Crippen molar-refractivity contribution in [2.24, 2.45) is 23.7 Å². The summed E-state index contributed by atoms with van der Waals surface area (Å²) in [7, 11) is 0. The van der Waals surface area contributed by atoms with Crippen molar-refractivity contribution in [3.05, 3.63) is 0 Å². The first-order chi connectivity index (χ1) is 7.66. The van der Waals surface area contributed by atoms with Crippen LogP contribution < -0.4 is 0 Å². The average molecular weight is 224 g/mol. The maximum atomic E-state index is 10.5. The second-order valence-corrected chi connectivity index (χ2v) is 6.53. The Balaban J connectivity index is 1.80. The maximum Gasteiger partial charge on any atom is 0.0596 e. The van der Waals surface area contributed by atoms with Crippen LogP contribution >= 0.6 is 0 Å². The van der Waals surface area contributed by atoms with Gasteiger partial charge in [0, 0.05) is 0 Å². The minimum atomic E-state index is 0.0139. The molecule has 16 heavy (non-hydrogen) atoms. The van der Waals surface area contributed by atoms with Crippen molar-refractivity contribution in [3.8, 4) is 0 Å². The fourth-order valence-electron chi connectivity index (χ4n) is 3.64. The smallest absolute Gasteiger partial charge is 0.0596 e.